The topological polar surface area (TPSA) is 91.3 Å². The van der Waals surface area contributed by atoms with Crippen molar-refractivity contribution in [3.63, 3.8) is 0 Å². The maximum absolute atomic E-state index is 13.1. The number of hydrazone groups is 1. The lowest BCUT2D eigenvalue weighted by molar-refractivity contribution is 0.0609. The molecule has 1 fully saturated rings. The maximum atomic E-state index is 13.1. The maximum Gasteiger partial charge on any atom is 0.307 e. The van der Waals surface area contributed by atoms with Gasteiger partial charge in [-0.15, -0.1) is 0 Å². The molecule has 154 valence electrons. The van der Waals surface area contributed by atoms with Crippen molar-refractivity contribution in [1.29, 1.82) is 0 Å². The summed E-state index contributed by atoms with van der Waals surface area (Å²) in [6.07, 6.45) is 3.78. The predicted octanol–water partition coefficient (Wildman–Crippen LogP) is 2.43. The van der Waals surface area contributed by atoms with Gasteiger partial charge in [-0.05, 0) is 38.4 Å². The number of nitrogens with zero attached hydrogens (tertiary/aromatic N) is 3. The summed E-state index contributed by atoms with van der Waals surface area (Å²) in [5.74, 6) is 0.908. The molecular weight excluding hydrogens is 372 g/mol. The molecule has 0 atom stereocenters. The number of rotatable bonds is 4. The van der Waals surface area contributed by atoms with Gasteiger partial charge in [0.05, 0.1) is 12.0 Å². The summed E-state index contributed by atoms with van der Waals surface area (Å²) in [6.45, 7) is 8.20. The molecule has 3 heterocycles. The fourth-order valence-corrected chi connectivity index (χ4v) is 3.98. The Balaban J connectivity index is 1.54. The molecule has 2 aromatic rings. The molecule has 4 rings (SSSR count). The van der Waals surface area contributed by atoms with Gasteiger partial charge in [-0.25, -0.2) is 5.43 Å². The summed E-state index contributed by atoms with van der Waals surface area (Å²) in [5.41, 5.74) is 4.94. The molecule has 0 unspecified atom stereocenters. The summed E-state index contributed by atoms with van der Waals surface area (Å²) in [6, 6.07) is 3.24. The van der Waals surface area contributed by atoms with Crippen LogP contribution in [0.25, 0.3) is 0 Å². The Morgan fingerprint density at radius 3 is 2.69 bits per heavy atom. The van der Waals surface area contributed by atoms with E-state index in [1.165, 1.54) is 6.26 Å². The molecule has 29 heavy (non-hydrogen) atoms. The molecule has 2 amide bonds. The average molecular weight is 398 g/mol. The molecular formula is C21H26N4O4. The summed E-state index contributed by atoms with van der Waals surface area (Å²) in [7, 11) is 0. The summed E-state index contributed by atoms with van der Waals surface area (Å²) < 4.78 is 11.1. The number of hydrogen-bond acceptors (Lipinski definition) is 6. The van der Waals surface area contributed by atoms with E-state index in [4.69, 9.17) is 8.83 Å². The van der Waals surface area contributed by atoms with E-state index < -0.39 is 5.91 Å². The fourth-order valence-electron chi connectivity index (χ4n) is 3.98. The zero-order valence-corrected chi connectivity index (χ0v) is 16.9. The number of nitrogens with one attached hydrogen (secondary N) is 1. The van der Waals surface area contributed by atoms with Crippen LogP contribution >= 0.6 is 0 Å². The first-order valence-corrected chi connectivity index (χ1v) is 10.1. The number of aryl methyl sites for hydroxylation is 1. The van der Waals surface area contributed by atoms with Crippen LogP contribution in [0.5, 0.6) is 0 Å². The Labute approximate surface area is 169 Å². The molecule has 0 bridgehead atoms. The fraction of sp³-hybridized carbons (Fsp3) is 0.476. The van der Waals surface area contributed by atoms with Gasteiger partial charge in [0.25, 0.3) is 5.91 Å². The van der Waals surface area contributed by atoms with Crippen LogP contribution in [0.15, 0.2) is 32.3 Å². The number of furan rings is 2. The van der Waals surface area contributed by atoms with E-state index in [0.29, 0.717) is 25.3 Å². The lowest BCUT2D eigenvalue weighted by Gasteiger charge is -2.33. The molecule has 0 saturated carbocycles. The molecule has 0 radical (unpaired) electrons. The molecule has 1 aliphatic carbocycles. The van der Waals surface area contributed by atoms with Crippen molar-refractivity contribution < 1.29 is 18.4 Å². The molecule has 2 aromatic heterocycles. The van der Waals surface area contributed by atoms with Crippen LogP contribution in [0.4, 0.5) is 0 Å². The minimum absolute atomic E-state index is 0.0633. The van der Waals surface area contributed by atoms with Gasteiger partial charge in [-0.1, -0.05) is 6.92 Å². The van der Waals surface area contributed by atoms with E-state index in [2.05, 4.69) is 22.4 Å². The standard InChI is InChI=1S/C21H26N4O4/c1-3-24-9-11-25(12-10-24)21(27)19-14(2)18-15(6-4-7-16(18)29-19)22-23-20(26)17-8-5-13-28-17/h5,8,13H,3-4,6-7,9-12H2,1-2H3,(H,23,26)/b22-15+. The second kappa shape index (κ2) is 8.24. The Morgan fingerprint density at radius 1 is 1.21 bits per heavy atom. The van der Waals surface area contributed by atoms with E-state index in [-0.39, 0.29) is 11.7 Å². The second-order valence-electron chi connectivity index (χ2n) is 7.41. The first-order chi connectivity index (χ1) is 14.1. The van der Waals surface area contributed by atoms with E-state index in [1.54, 1.807) is 12.1 Å². The lowest BCUT2D eigenvalue weighted by Crippen LogP contribution is -2.48. The second-order valence-corrected chi connectivity index (χ2v) is 7.41. The van der Waals surface area contributed by atoms with Crippen LogP contribution in [0.1, 0.15) is 57.8 Å². The van der Waals surface area contributed by atoms with E-state index in [9.17, 15) is 9.59 Å². The van der Waals surface area contributed by atoms with Gasteiger partial charge in [0, 0.05) is 43.7 Å². The molecule has 0 spiro atoms. The third-order valence-corrected chi connectivity index (χ3v) is 5.66. The minimum Gasteiger partial charge on any atom is -0.459 e. The van der Waals surface area contributed by atoms with Crippen LogP contribution < -0.4 is 5.43 Å². The SMILES string of the molecule is CCN1CCN(C(=O)c2oc3c(c2C)/C(=N/NC(=O)c2ccco2)CCC3)CC1. The molecule has 8 nitrogen and oxygen atoms in total. The van der Waals surface area contributed by atoms with Crippen molar-refractivity contribution in [3.05, 3.63) is 46.8 Å². The van der Waals surface area contributed by atoms with Gasteiger partial charge < -0.3 is 18.6 Å². The number of carbonyl (C=O) groups is 2. The van der Waals surface area contributed by atoms with E-state index in [0.717, 1.165) is 55.1 Å². The molecule has 1 saturated heterocycles. The Kier molecular flexibility index (Phi) is 5.53. The zero-order valence-electron chi connectivity index (χ0n) is 16.9. The summed E-state index contributed by atoms with van der Waals surface area (Å²) in [5, 5.41) is 4.31. The highest BCUT2D eigenvalue weighted by Gasteiger charge is 2.31. The van der Waals surface area contributed by atoms with Gasteiger partial charge >= 0.3 is 5.91 Å². The normalized spacial score (nSPS) is 18.7. The van der Waals surface area contributed by atoms with E-state index in [1.807, 2.05) is 11.8 Å². The highest BCUT2D eigenvalue weighted by molar-refractivity contribution is 6.07. The van der Waals surface area contributed by atoms with Crippen molar-refractivity contribution in [2.24, 2.45) is 5.10 Å². The van der Waals surface area contributed by atoms with Crippen LogP contribution in [0, 0.1) is 6.92 Å². The third kappa shape index (κ3) is 3.85. The quantitative estimate of drug-likeness (QED) is 0.799. The van der Waals surface area contributed by atoms with Gasteiger partial charge in [-0.2, -0.15) is 5.10 Å². The van der Waals surface area contributed by atoms with Crippen molar-refractivity contribution >= 4 is 17.5 Å². The number of amides is 2. The van der Waals surface area contributed by atoms with Crippen molar-refractivity contribution in [3.8, 4) is 0 Å². The van der Waals surface area contributed by atoms with Crippen LogP contribution in [0.3, 0.4) is 0 Å². The largest absolute Gasteiger partial charge is 0.459 e. The number of likely N-dealkylation sites (N-methyl/N-ethyl adjacent to an activating group) is 1. The van der Waals surface area contributed by atoms with Gasteiger partial charge in [-0.3, -0.25) is 9.59 Å². The van der Waals surface area contributed by atoms with Crippen LogP contribution in [-0.4, -0.2) is 60.0 Å². The van der Waals surface area contributed by atoms with Gasteiger partial charge in [0.2, 0.25) is 0 Å². The third-order valence-electron chi connectivity index (χ3n) is 5.66. The van der Waals surface area contributed by atoms with E-state index >= 15 is 0 Å². The smallest absolute Gasteiger partial charge is 0.307 e. The van der Waals surface area contributed by atoms with Crippen molar-refractivity contribution in [1.82, 2.24) is 15.2 Å². The van der Waals surface area contributed by atoms with Crippen molar-refractivity contribution in [2.75, 3.05) is 32.7 Å². The highest BCUT2D eigenvalue weighted by Crippen LogP contribution is 2.30. The molecule has 1 N–H and O–H groups in total. The summed E-state index contributed by atoms with van der Waals surface area (Å²) >= 11 is 0. The van der Waals surface area contributed by atoms with Gasteiger partial charge in [0.1, 0.15) is 5.76 Å². The zero-order chi connectivity index (χ0) is 20.4. The molecule has 8 heteroatoms. The number of fused-ring (bicyclic) bond motifs is 1. The first-order valence-electron chi connectivity index (χ1n) is 10.1. The highest BCUT2D eigenvalue weighted by atomic mass is 16.4. The van der Waals surface area contributed by atoms with Crippen LogP contribution in [0.2, 0.25) is 0 Å². The Hall–Kier alpha value is -2.87. The minimum atomic E-state index is -0.402. The molecule has 2 aliphatic rings. The van der Waals surface area contributed by atoms with Crippen molar-refractivity contribution in [2.45, 2.75) is 33.1 Å². The van der Waals surface area contributed by atoms with Crippen LogP contribution in [-0.2, 0) is 6.42 Å². The lowest BCUT2D eigenvalue weighted by atomic mass is 9.93. The first kappa shape index (κ1) is 19.4. The monoisotopic (exact) mass is 398 g/mol. The van der Waals surface area contributed by atoms with Gasteiger partial charge in [0.15, 0.2) is 11.5 Å². The number of hydrogen-bond donors (Lipinski definition) is 1. The average Bonchev–Trinajstić information content (AvgIpc) is 3.40. The molecule has 1 aliphatic heterocycles. The number of piperazine rings is 1. The Bertz CT molecular complexity index is 921. The number of carbonyl (C=O) groups excluding carboxylic acids is 2. The Morgan fingerprint density at radius 2 is 2.00 bits per heavy atom. The predicted molar refractivity (Wildman–Crippen MR) is 107 cm³/mol. The molecule has 0 aromatic carbocycles. The summed E-state index contributed by atoms with van der Waals surface area (Å²) in [4.78, 5) is 29.4.